The lowest BCUT2D eigenvalue weighted by Gasteiger charge is -2.46. The maximum absolute atomic E-state index is 12.0. The van der Waals surface area contributed by atoms with Crippen LogP contribution in [0.1, 0.15) is 41.0 Å². The van der Waals surface area contributed by atoms with Crippen molar-refractivity contribution in [3.8, 4) is 0 Å². The van der Waals surface area contributed by atoms with Gasteiger partial charge in [0.15, 0.2) is 18.3 Å². The molecule has 208 valence electrons. The quantitative estimate of drug-likeness (QED) is 0.145. The Morgan fingerprint density at radius 3 is 1.86 bits per heavy atom. The number of hydrogen-bond donors (Lipinski definition) is 2. The van der Waals surface area contributed by atoms with Gasteiger partial charge >= 0.3 is 17.9 Å². The minimum Gasteiger partial charge on any atom is -0.550 e. The molecule has 0 aromatic carbocycles. The van der Waals surface area contributed by atoms with Crippen molar-refractivity contribution in [1.82, 2.24) is 5.32 Å². The van der Waals surface area contributed by atoms with Gasteiger partial charge in [-0.15, -0.1) is 11.8 Å². The van der Waals surface area contributed by atoms with Crippen molar-refractivity contribution in [2.75, 3.05) is 29.8 Å². The molecule has 1 unspecified atom stereocenters. The van der Waals surface area contributed by atoms with Crippen LogP contribution in [0.3, 0.4) is 0 Å². The molecule has 7 atom stereocenters. The van der Waals surface area contributed by atoms with Crippen LogP contribution in [-0.2, 0) is 53.8 Å². The molecule has 0 aromatic rings. The summed E-state index contributed by atoms with van der Waals surface area (Å²) in [6.07, 6.45) is 0.786. The number of carbonyl (C=O) groups excluding carboxylic acids is 5. The Labute approximate surface area is 224 Å². The fraction of sp³-hybridized carbons (Fsp3) is 0.773. The first-order valence-electron chi connectivity index (χ1n) is 11.1. The normalized spacial score (nSPS) is 24.7. The number of carboxylic acid groups (broad SMARTS) is 1. The number of rotatable bonds is 11. The largest absolute Gasteiger partial charge is 0.550 e. The van der Waals surface area contributed by atoms with Gasteiger partial charge in [0.05, 0.1) is 6.26 Å². The van der Waals surface area contributed by atoms with E-state index < -0.39 is 59.8 Å². The second kappa shape index (κ2) is 17.8. The van der Waals surface area contributed by atoms with E-state index in [1.165, 1.54) is 39.5 Å². The lowest BCUT2D eigenvalue weighted by molar-refractivity contribution is -0.302. The number of thioether (sulfide) groups is 1. The predicted octanol–water partition coefficient (Wildman–Crippen LogP) is -0.302. The molecular formula is C22H37NO10S3. The van der Waals surface area contributed by atoms with Crippen LogP contribution in [0.5, 0.6) is 0 Å². The number of esters is 3. The molecule has 1 aliphatic rings. The van der Waals surface area contributed by atoms with E-state index in [9.17, 15) is 19.2 Å². The van der Waals surface area contributed by atoms with Crippen LogP contribution in [0.2, 0.25) is 0 Å². The average Bonchev–Trinajstić information content (AvgIpc) is 2.72. The van der Waals surface area contributed by atoms with E-state index >= 15 is 0 Å². The smallest absolute Gasteiger partial charge is 0.303 e. The molecule has 14 heteroatoms. The highest BCUT2D eigenvalue weighted by Gasteiger charge is 2.54. The van der Waals surface area contributed by atoms with Crippen molar-refractivity contribution in [1.29, 1.82) is 0 Å². The van der Waals surface area contributed by atoms with Gasteiger partial charge < -0.3 is 34.2 Å². The van der Waals surface area contributed by atoms with Gasteiger partial charge in [-0.05, 0) is 29.8 Å². The maximum Gasteiger partial charge on any atom is 0.303 e. The molecule has 1 aliphatic heterocycles. The van der Waals surface area contributed by atoms with E-state index in [0.29, 0.717) is 5.75 Å². The molecule has 11 nitrogen and oxygen atoms in total. The van der Waals surface area contributed by atoms with Crippen molar-refractivity contribution in [3.63, 3.8) is 0 Å². The van der Waals surface area contributed by atoms with E-state index in [4.69, 9.17) is 28.8 Å². The van der Waals surface area contributed by atoms with Crippen LogP contribution in [0.25, 0.3) is 0 Å². The third-order valence-electron chi connectivity index (χ3n) is 4.57. The van der Waals surface area contributed by atoms with Crippen molar-refractivity contribution in [2.24, 2.45) is 0 Å². The van der Waals surface area contributed by atoms with Gasteiger partial charge in [-0.3, -0.25) is 19.2 Å². The van der Waals surface area contributed by atoms with Gasteiger partial charge in [0.25, 0.3) is 0 Å². The third-order valence-corrected chi connectivity index (χ3v) is 7.64. The van der Waals surface area contributed by atoms with E-state index in [1.54, 1.807) is 6.26 Å². The summed E-state index contributed by atoms with van der Waals surface area (Å²) in [5.41, 5.74) is -0.701. The molecule has 1 heterocycles. The minimum absolute atomic E-state index is 0.0828. The van der Waals surface area contributed by atoms with Crippen LogP contribution in [0.15, 0.2) is 0 Å². The maximum atomic E-state index is 12.0. The van der Waals surface area contributed by atoms with Crippen LogP contribution < -0.4 is 10.4 Å². The summed E-state index contributed by atoms with van der Waals surface area (Å²) in [7, 11) is -0.0828. The Balaban J connectivity index is 0.00000283. The first-order chi connectivity index (χ1) is 16.7. The Kier molecular flexibility index (Phi) is 16.9. The lowest BCUT2D eigenvalue weighted by atomic mass is 9.94. The number of carboxylic acids is 1. The van der Waals surface area contributed by atoms with E-state index in [-0.39, 0.29) is 16.8 Å². The summed E-state index contributed by atoms with van der Waals surface area (Å²) < 4.78 is 22.7. The summed E-state index contributed by atoms with van der Waals surface area (Å²) in [5.74, 6) is -0.928. The average molecular weight is 572 g/mol. The van der Waals surface area contributed by atoms with Gasteiger partial charge in [0, 0.05) is 40.1 Å². The lowest BCUT2D eigenvalue weighted by Crippen LogP contribution is -2.66. The summed E-state index contributed by atoms with van der Waals surface area (Å²) in [4.78, 5) is 56.5. The molecule has 1 saturated heterocycles. The molecule has 0 spiro atoms. The van der Waals surface area contributed by atoms with Crippen molar-refractivity contribution < 1.29 is 48.0 Å². The van der Waals surface area contributed by atoms with Crippen LogP contribution in [0, 0.1) is 0 Å². The zero-order chi connectivity index (χ0) is 28.0. The van der Waals surface area contributed by atoms with Crippen molar-refractivity contribution in [2.45, 2.75) is 76.9 Å². The van der Waals surface area contributed by atoms with E-state index in [0.717, 1.165) is 24.9 Å². The fourth-order valence-corrected chi connectivity index (χ4v) is 6.28. The van der Waals surface area contributed by atoms with Gasteiger partial charge in [-0.2, -0.15) is 12.6 Å². The number of amides is 1. The highest BCUT2D eigenvalue weighted by atomic mass is 32.2. The molecule has 1 rings (SSSR count). The van der Waals surface area contributed by atoms with E-state index in [1.807, 2.05) is 0 Å². The van der Waals surface area contributed by atoms with Gasteiger partial charge in [0.2, 0.25) is 5.91 Å². The molecule has 1 amide bonds. The highest BCUT2D eigenvalue weighted by Crippen LogP contribution is 2.34. The number of hydrogen-bond acceptors (Lipinski definition) is 12. The molecule has 0 saturated carbocycles. The summed E-state index contributed by atoms with van der Waals surface area (Å²) in [5, 5.41) is 11.8. The molecule has 0 aromatic heterocycles. The Morgan fingerprint density at radius 2 is 1.44 bits per heavy atom. The van der Waals surface area contributed by atoms with E-state index in [2.05, 4.69) is 24.2 Å². The second-order valence-electron chi connectivity index (χ2n) is 7.95. The van der Waals surface area contributed by atoms with Gasteiger partial charge in [0.1, 0.15) is 29.1 Å². The minimum atomic E-state index is -1.09. The SMILES string of the molecule is CC(=O)[O-].CS[C@H]1O[C@H]([C@H](C[S+](C)CCCS)NC(C)=O)[C@H](OC(C)=O)[C@H](OC(C)=O)[C@H]1OC(C)=O. The Hall–Kier alpha value is -1.64. The number of ether oxygens (including phenoxy) is 4. The zero-order valence-electron chi connectivity index (χ0n) is 21.6. The molecular weight excluding hydrogens is 534 g/mol. The number of nitrogens with one attached hydrogen (secondary N) is 1. The van der Waals surface area contributed by atoms with Gasteiger partial charge in [-0.1, -0.05) is 0 Å². The predicted molar refractivity (Wildman–Crippen MR) is 139 cm³/mol. The van der Waals surface area contributed by atoms with Gasteiger partial charge in [-0.25, -0.2) is 0 Å². The number of thiol groups is 1. The molecule has 1 N–H and O–H groups in total. The van der Waals surface area contributed by atoms with Crippen molar-refractivity contribution in [3.05, 3.63) is 0 Å². The fourth-order valence-electron chi connectivity index (χ4n) is 3.50. The molecule has 0 bridgehead atoms. The Morgan fingerprint density at radius 1 is 0.972 bits per heavy atom. The number of carbonyl (C=O) groups is 5. The summed E-state index contributed by atoms with van der Waals surface area (Å²) in [6.45, 7) is 6.06. The summed E-state index contributed by atoms with van der Waals surface area (Å²) >= 11 is 5.53. The summed E-state index contributed by atoms with van der Waals surface area (Å²) in [6, 6.07) is -0.518. The second-order valence-corrected chi connectivity index (χ2v) is 11.6. The Bertz CT molecular complexity index is 750. The van der Waals surface area contributed by atoms with Crippen LogP contribution in [0.4, 0.5) is 0 Å². The third kappa shape index (κ3) is 13.6. The first kappa shape index (κ1) is 34.4. The monoisotopic (exact) mass is 571 g/mol. The van der Waals surface area contributed by atoms with Crippen LogP contribution in [-0.4, -0.2) is 95.4 Å². The van der Waals surface area contributed by atoms with Crippen molar-refractivity contribution >= 4 is 65.1 Å². The van der Waals surface area contributed by atoms with Crippen LogP contribution >= 0.6 is 24.4 Å². The number of aliphatic carboxylic acids is 1. The highest BCUT2D eigenvalue weighted by molar-refractivity contribution is 7.99. The first-order valence-corrected chi connectivity index (χ1v) is 15.0. The molecule has 1 fully saturated rings. The standard InChI is InChI=1S/C20H33NO8S3.C2H4O2/c1-11(22)21-15(10-32(6)9-7-8-30)16-17(26-12(2)23)18(27-13(3)24)19(28-14(4)25)20(29-16)31-5;1-2(3)4/h15-20H,7-10H2,1-6H3,(H-,21,22,30);1H3,(H,3,4)/t15-,16+,17-,18-,19+,20+,32?;/m0./s1. The molecule has 0 radical (unpaired) electrons. The topological polar surface area (TPSA) is 157 Å². The molecule has 36 heavy (non-hydrogen) atoms. The zero-order valence-corrected chi connectivity index (χ0v) is 24.2. The molecule has 0 aliphatic carbocycles.